The SMILES string of the molecule is CC(C)[C@H](NC(=O)[C@@H]1CCCN1C(=O)[C@H](Cc1cnc[nH]1)NC(=O)[C@H](Cc1ccccc1)NC(=O)[C@@H](N)Cc1ccccc1)C(=O)O. The number of imidazole rings is 1. The molecule has 0 unspecified atom stereocenters. The lowest BCUT2D eigenvalue weighted by molar-refractivity contribution is -0.145. The first-order chi connectivity index (χ1) is 22.5. The first-order valence-corrected chi connectivity index (χ1v) is 15.8. The number of carbonyl (C=O) groups excluding carboxylic acids is 4. The van der Waals surface area contributed by atoms with Crippen LogP contribution in [0.5, 0.6) is 0 Å². The fourth-order valence-electron chi connectivity index (χ4n) is 5.65. The zero-order valence-corrected chi connectivity index (χ0v) is 26.6. The minimum atomic E-state index is -1.16. The molecular weight excluding hydrogens is 602 g/mol. The molecule has 1 aromatic heterocycles. The number of H-pyrrole nitrogens is 1. The number of hydrogen-bond donors (Lipinski definition) is 6. The number of nitrogens with one attached hydrogen (secondary N) is 4. The van der Waals surface area contributed by atoms with Gasteiger partial charge in [0.25, 0.3) is 0 Å². The van der Waals surface area contributed by atoms with Gasteiger partial charge in [-0.3, -0.25) is 19.2 Å². The molecule has 5 atom stereocenters. The summed E-state index contributed by atoms with van der Waals surface area (Å²) in [7, 11) is 0. The van der Waals surface area contributed by atoms with Crippen molar-refractivity contribution in [2.24, 2.45) is 11.7 Å². The van der Waals surface area contributed by atoms with Gasteiger partial charge in [-0.2, -0.15) is 0 Å². The van der Waals surface area contributed by atoms with Gasteiger partial charge in [0.05, 0.1) is 12.4 Å². The largest absolute Gasteiger partial charge is 0.480 e. The molecule has 1 aliphatic heterocycles. The van der Waals surface area contributed by atoms with Gasteiger partial charge in [-0.05, 0) is 36.3 Å². The smallest absolute Gasteiger partial charge is 0.326 e. The minimum absolute atomic E-state index is 0.0404. The number of nitrogens with two attached hydrogens (primary N) is 1. The van der Waals surface area contributed by atoms with Crippen LogP contribution in [0.1, 0.15) is 43.5 Å². The Morgan fingerprint density at radius 2 is 1.51 bits per heavy atom. The van der Waals surface area contributed by atoms with E-state index in [-0.39, 0.29) is 31.7 Å². The third-order valence-electron chi connectivity index (χ3n) is 8.21. The van der Waals surface area contributed by atoms with Crippen molar-refractivity contribution in [3.8, 4) is 0 Å². The lowest BCUT2D eigenvalue weighted by atomic mass is 10.0. The number of amides is 4. The van der Waals surface area contributed by atoms with E-state index < -0.39 is 59.8 Å². The number of carboxylic acids is 1. The monoisotopic (exact) mass is 645 g/mol. The van der Waals surface area contributed by atoms with Gasteiger partial charge in [0.1, 0.15) is 24.2 Å². The molecule has 0 spiro atoms. The van der Waals surface area contributed by atoms with Gasteiger partial charge >= 0.3 is 5.97 Å². The van der Waals surface area contributed by atoms with Gasteiger partial charge in [0.2, 0.25) is 23.6 Å². The molecule has 3 aromatic rings. The maximum atomic E-state index is 14.1. The molecule has 0 saturated carbocycles. The van der Waals surface area contributed by atoms with Crippen molar-refractivity contribution < 1.29 is 29.1 Å². The highest BCUT2D eigenvalue weighted by atomic mass is 16.4. The first kappa shape index (κ1) is 34.8. The highest BCUT2D eigenvalue weighted by molar-refractivity contribution is 5.96. The molecule has 0 radical (unpaired) electrons. The summed E-state index contributed by atoms with van der Waals surface area (Å²) in [5.41, 5.74) is 8.47. The molecule has 1 aliphatic rings. The van der Waals surface area contributed by atoms with E-state index >= 15 is 0 Å². The van der Waals surface area contributed by atoms with Crippen molar-refractivity contribution in [3.63, 3.8) is 0 Å². The number of aromatic amines is 1. The maximum absolute atomic E-state index is 14.1. The number of likely N-dealkylation sites (tertiary alicyclic amines) is 1. The molecule has 0 aliphatic carbocycles. The van der Waals surface area contributed by atoms with E-state index in [1.807, 2.05) is 60.7 Å². The Morgan fingerprint density at radius 1 is 0.894 bits per heavy atom. The van der Waals surface area contributed by atoms with E-state index in [4.69, 9.17) is 5.73 Å². The predicted molar refractivity (Wildman–Crippen MR) is 174 cm³/mol. The van der Waals surface area contributed by atoms with Crippen molar-refractivity contribution in [1.82, 2.24) is 30.8 Å². The molecule has 7 N–H and O–H groups in total. The molecule has 1 fully saturated rings. The van der Waals surface area contributed by atoms with E-state index in [9.17, 15) is 29.1 Å². The quantitative estimate of drug-likeness (QED) is 0.140. The summed E-state index contributed by atoms with van der Waals surface area (Å²) >= 11 is 0. The minimum Gasteiger partial charge on any atom is -0.480 e. The van der Waals surface area contributed by atoms with E-state index in [1.54, 1.807) is 13.8 Å². The summed E-state index contributed by atoms with van der Waals surface area (Å²) in [5, 5.41) is 17.8. The number of aromatic nitrogens is 2. The lowest BCUT2D eigenvalue weighted by Crippen LogP contribution is -2.59. The Labute approximate surface area is 273 Å². The second kappa shape index (κ2) is 16.5. The summed E-state index contributed by atoms with van der Waals surface area (Å²) < 4.78 is 0. The van der Waals surface area contributed by atoms with Gasteiger partial charge in [0, 0.05) is 31.3 Å². The molecule has 13 nitrogen and oxygen atoms in total. The average molecular weight is 646 g/mol. The molecule has 4 amide bonds. The fraction of sp³-hybridized carbons (Fsp3) is 0.412. The second-order valence-corrected chi connectivity index (χ2v) is 12.1. The van der Waals surface area contributed by atoms with Gasteiger partial charge in [-0.1, -0.05) is 74.5 Å². The zero-order chi connectivity index (χ0) is 33.9. The third-order valence-corrected chi connectivity index (χ3v) is 8.21. The topological polar surface area (TPSA) is 200 Å². The third kappa shape index (κ3) is 9.72. The maximum Gasteiger partial charge on any atom is 0.326 e. The molecule has 1 saturated heterocycles. The molecule has 2 heterocycles. The van der Waals surface area contributed by atoms with E-state index in [0.29, 0.717) is 18.5 Å². The number of hydrogen-bond acceptors (Lipinski definition) is 7. The Bertz CT molecular complexity index is 1500. The number of aliphatic carboxylic acids is 1. The highest BCUT2D eigenvalue weighted by Crippen LogP contribution is 2.20. The van der Waals surface area contributed by atoms with Crippen molar-refractivity contribution >= 4 is 29.6 Å². The summed E-state index contributed by atoms with van der Waals surface area (Å²) in [5.74, 6) is -3.72. The Morgan fingerprint density at radius 3 is 2.09 bits per heavy atom. The average Bonchev–Trinajstić information content (AvgIpc) is 3.76. The molecule has 2 aromatic carbocycles. The Balaban J connectivity index is 1.54. The lowest BCUT2D eigenvalue weighted by Gasteiger charge is -2.30. The van der Waals surface area contributed by atoms with Crippen LogP contribution in [0.15, 0.2) is 73.2 Å². The van der Waals surface area contributed by atoms with Crippen LogP contribution in [0.25, 0.3) is 0 Å². The number of benzene rings is 2. The number of rotatable bonds is 15. The van der Waals surface area contributed by atoms with E-state index in [1.165, 1.54) is 17.4 Å². The van der Waals surface area contributed by atoms with Gasteiger partial charge in [0.15, 0.2) is 0 Å². The van der Waals surface area contributed by atoms with Crippen molar-refractivity contribution in [2.75, 3.05) is 6.54 Å². The second-order valence-electron chi connectivity index (χ2n) is 12.1. The Hall–Kier alpha value is -5.04. The van der Waals surface area contributed by atoms with Crippen LogP contribution in [-0.4, -0.2) is 86.3 Å². The first-order valence-electron chi connectivity index (χ1n) is 15.8. The van der Waals surface area contributed by atoms with Gasteiger partial charge < -0.3 is 36.7 Å². The molecular formula is C34H43N7O6. The normalized spacial score (nSPS) is 16.9. The summed E-state index contributed by atoms with van der Waals surface area (Å²) in [6.45, 7) is 3.63. The fourth-order valence-corrected chi connectivity index (χ4v) is 5.65. The van der Waals surface area contributed by atoms with Crippen LogP contribution in [0, 0.1) is 5.92 Å². The summed E-state index contributed by atoms with van der Waals surface area (Å²) in [4.78, 5) is 74.6. The zero-order valence-electron chi connectivity index (χ0n) is 26.6. The van der Waals surface area contributed by atoms with Crippen molar-refractivity contribution in [2.45, 2.75) is 76.2 Å². The molecule has 250 valence electrons. The van der Waals surface area contributed by atoms with Gasteiger partial charge in [-0.15, -0.1) is 0 Å². The molecule has 47 heavy (non-hydrogen) atoms. The molecule has 13 heteroatoms. The van der Waals surface area contributed by atoms with E-state index in [0.717, 1.165) is 11.1 Å². The van der Waals surface area contributed by atoms with Crippen LogP contribution in [0.3, 0.4) is 0 Å². The summed E-state index contributed by atoms with van der Waals surface area (Å²) in [6, 6.07) is 13.3. The van der Waals surface area contributed by atoms with Crippen molar-refractivity contribution in [1.29, 1.82) is 0 Å². The van der Waals surface area contributed by atoms with Crippen LogP contribution < -0.4 is 21.7 Å². The number of nitrogens with zero attached hydrogens (tertiary/aromatic N) is 2. The highest BCUT2D eigenvalue weighted by Gasteiger charge is 2.40. The number of carbonyl (C=O) groups is 5. The standard InChI is InChI=1S/C34H43N7O6/c1-21(2)29(34(46)47)40-32(44)28-14-9-15-41(28)33(45)27(18-24-19-36-20-37-24)39-31(43)26(17-23-12-7-4-8-13-23)38-30(42)25(35)16-22-10-5-3-6-11-22/h3-8,10-13,19-21,25-29H,9,14-18,35H2,1-2H3,(H,36,37)(H,38,42)(H,39,43)(H,40,44)(H,46,47)/t25-,26-,27-,28-,29-/m0/s1. The molecule has 4 rings (SSSR count). The van der Waals surface area contributed by atoms with Crippen LogP contribution in [-0.2, 0) is 43.2 Å². The molecule has 0 bridgehead atoms. The van der Waals surface area contributed by atoms with Crippen LogP contribution >= 0.6 is 0 Å². The number of carboxylic acid groups (broad SMARTS) is 1. The van der Waals surface area contributed by atoms with Crippen LogP contribution in [0.4, 0.5) is 0 Å². The summed E-state index contributed by atoms with van der Waals surface area (Å²) in [6.07, 6.45) is 4.31. The predicted octanol–water partition coefficient (Wildman–Crippen LogP) is 0.951. The van der Waals surface area contributed by atoms with E-state index in [2.05, 4.69) is 25.9 Å². The van der Waals surface area contributed by atoms with Crippen molar-refractivity contribution in [3.05, 3.63) is 90.0 Å². The van der Waals surface area contributed by atoms with Crippen LogP contribution in [0.2, 0.25) is 0 Å². The van der Waals surface area contributed by atoms with Gasteiger partial charge in [-0.25, -0.2) is 9.78 Å². The Kier molecular flexibility index (Phi) is 12.2.